The van der Waals surface area contributed by atoms with Gasteiger partial charge in [0.2, 0.25) is 0 Å². The molecule has 30 heavy (non-hydrogen) atoms. The second-order valence-corrected chi connectivity index (χ2v) is 6.50. The van der Waals surface area contributed by atoms with Crippen LogP contribution < -0.4 is 15.5 Å². The van der Waals surface area contributed by atoms with E-state index >= 15 is 0 Å². The first-order valence-electron chi connectivity index (χ1n) is 9.15. The number of carbonyl (C=O) groups is 2. The lowest BCUT2D eigenvalue weighted by molar-refractivity contribution is 0.0956. The molecule has 0 fully saturated rings. The zero-order valence-electron chi connectivity index (χ0n) is 16.5. The normalized spacial score (nSPS) is 10.6. The molecular weight excluding hydrogens is 382 g/mol. The van der Waals surface area contributed by atoms with E-state index in [2.05, 4.69) is 15.8 Å². The number of hydrogen-bond donors (Lipinski definition) is 3. The van der Waals surface area contributed by atoms with Gasteiger partial charge in [-0.3, -0.25) is 9.59 Å². The van der Waals surface area contributed by atoms with E-state index in [-0.39, 0.29) is 17.2 Å². The highest BCUT2D eigenvalue weighted by atomic mass is 16.5. The van der Waals surface area contributed by atoms with E-state index in [9.17, 15) is 14.7 Å². The summed E-state index contributed by atoms with van der Waals surface area (Å²) in [5, 5.41) is 16.3. The largest absolute Gasteiger partial charge is 0.504 e. The van der Waals surface area contributed by atoms with Crippen LogP contribution in [0, 0.1) is 6.92 Å². The van der Waals surface area contributed by atoms with Gasteiger partial charge in [-0.15, -0.1) is 0 Å². The molecule has 0 atom stereocenters. The summed E-state index contributed by atoms with van der Waals surface area (Å²) < 4.78 is 5.04. The Morgan fingerprint density at radius 3 is 2.47 bits per heavy atom. The molecule has 0 saturated heterocycles. The van der Waals surface area contributed by atoms with Crippen LogP contribution >= 0.6 is 0 Å². The summed E-state index contributed by atoms with van der Waals surface area (Å²) in [6, 6.07) is 18.5. The van der Waals surface area contributed by atoms with Crippen LogP contribution in [0.5, 0.6) is 11.5 Å². The third-order valence-corrected chi connectivity index (χ3v) is 4.32. The number of anilines is 1. The zero-order chi connectivity index (χ0) is 21.5. The van der Waals surface area contributed by atoms with Gasteiger partial charge in [-0.2, -0.15) is 5.10 Å². The fourth-order valence-electron chi connectivity index (χ4n) is 2.69. The number of aryl methyl sites for hydroxylation is 1. The van der Waals surface area contributed by atoms with Crippen LogP contribution in [0.3, 0.4) is 0 Å². The quantitative estimate of drug-likeness (QED) is 0.431. The third kappa shape index (κ3) is 5.02. The Hall–Kier alpha value is -4.13. The molecule has 0 spiro atoms. The van der Waals surface area contributed by atoms with Crippen LogP contribution in [0.25, 0.3) is 0 Å². The van der Waals surface area contributed by atoms with Gasteiger partial charge in [-0.05, 0) is 55.0 Å². The van der Waals surface area contributed by atoms with Crippen molar-refractivity contribution >= 4 is 23.7 Å². The smallest absolute Gasteiger partial charge is 0.273 e. The monoisotopic (exact) mass is 403 g/mol. The summed E-state index contributed by atoms with van der Waals surface area (Å²) in [5.74, 6) is -0.474. The van der Waals surface area contributed by atoms with E-state index in [1.54, 1.807) is 48.5 Å². The summed E-state index contributed by atoms with van der Waals surface area (Å²) >= 11 is 0. The molecule has 0 heterocycles. The summed E-state index contributed by atoms with van der Waals surface area (Å²) in [6.45, 7) is 1.94. The van der Waals surface area contributed by atoms with Gasteiger partial charge in [0.1, 0.15) is 0 Å². The molecule has 152 valence electrons. The highest BCUT2D eigenvalue weighted by Crippen LogP contribution is 2.25. The van der Waals surface area contributed by atoms with E-state index in [1.165, 1.54) is 19.4 Å². The van der Waals surface area contributed by atoms with E-state index in [0.29, 0.717) is 22.6 Å². The number of amides is 2. The SMILES string of the molecule is COc1cc(/C=N\NC(=O)c2ccccc2NC(=O)c2ccc(C)cc2)ccc1O. The molecule has 0 bridgehead atoms. The van der Waals surface area contributed by atoms with Crippen LogP contribution in [0.1, 0.15) is 31.8 Å². The summed E-state index contributed by atoms with van der Waals surface area (Å²) in [6.07, 6.45) is 1.42. The Labute approximate surface area is 174 Å². The number of aromatic hydroxyl groups is 1. The maximum absolute atomic E-state index is 12.6. The number of hydrogen-bond acceptors (Lipinski definition) is 5. The Bertz CT molecular complexity index is 1090. The Balaban J connectivity index is 1.71. The first kappa shape index (κ1) is 20.6. The van der Waals surface area contributed by atoms with E-state index in [4.69, 9.17) is 4.74 Å². The van der Waals surface area contributed by atoms with E-state index < -0.39 is 5.91 Å². The number of phenolic OH excluding ortho intramolecular Hbond substituents is 1. The van der Waals surface area contributed by atoms with Gasteiger partial charge >= 0.3 is 0 Å². The predicted molar refractivity (Wildman–Crippen MR) is 115 cm³/mol. The number of ether oxygens (including phenoxy) is 1. The van der Waals surface area contributed by atoms with Crippen molar-refractivity contribution in [2.75, 3.05) is 12.4 Å². The minimum Gasteiger partial charge on any atom is -0.504 e. The molecule has 7 heteroatoms. The van der Waals surface area contributed by atoms with Crippen molar-refractivity contribution in [3.8, 4) is 11.5 Å². The number of para-hydroxylation sites is 1. The Morgan fingerprint density at radius 2 is 1.73 bits per heavy atom. The van der Waals surface area contributed by atoms with Crippen molar-refractivity contribution in [3.05, 3.63) is 89.0 Å². The van der Waals surface area contributed by atoms with Gasteiger partial charge < -0.3 is 15.2 Å². The van der Waals surface area contributed by atoms with Crippen LogP contribution in [0.4, 0.5) is 5.69 Å². The van der Waals surface area contributed by atoms with Gasteiger partial charge in [0, 0.05) is 5.56 Å². The molecule has 0 radical (unpaired) electrons. The molecule has 3 aromatic carbocycles. The second-order valence-electron chi connectivity index (χ2n) is 6.50. The molecule has 0 aliphatic heterocycles. The molecule has 0 saturated carbocycles. The van der Waals surface area contributed by atoms with Crippen molar-refractivity contribution in [1.29, 1.82) is 0 Å². The number of methoxy groups -OCH3 is 1. The number of rotatable bonds is 6. The number of hydrazone groups is 1. The number of phenols is 1. The van der Waals surface area contributed by atoms with E-state index in [1.807, 2.05) is 19.1 Å². The fraction of sp³-hybridized carbons (Fsp3) is 0.0870. The van der Waals surface area contributed by atoms with Crippen LogP contribution in [0.2, 0.25) is 0 Å². The van der Waals surface area contributed by atoms with Crippen molar-refractivity contribution < 1.29 is 19.4 Å². The predicted octanol–water partition coefficient (Wildman–Crippen LogP) is 3.73. The number of benzene rings is 3. The highest BCUT2D eigenvalue weighted by molar-refractivity contribution is 6.09. The van der Waals surface area contributed by atoms with Crippen LogP contribution in [-0.2, 0) is 0 Å². The molecule has 3 rings (SSSR count). The Morgan fingerprint density at radius 1 is 1.00 bits per heavy atom. The van der Waals surface area contributed by atoms with Crippen molar-refractivity contribution in [2.24, 2.45) is 5.10 Å². The fourth-order valence-corrected chi connectivity index (χ4v) is 2.69. The molecule has 7 nitrogen and oxygen atoms in total. The molecule has 3 N–H and O–H groups in total. The molecule has 0 aromatic heterocycles. The van der Waals surface area contributed by atoms with E-state index in [0.717, 1.165) is 5.56 Å². The van der Waals surface area contributed by atoms with Gasteiger partial charge in [0.25, 0.3) is 11.8 Å². The lowest BCUT2D eigenvalue weighted by atomic mass is 10.1. The summed E-state index contributed by atoms with van der Waals surface area (Å²) in [7, 11) is 1.44. The third-order valence-electron chi connectivity index (χ3n) is 4.32. The maximum atomic E-state index is 12.6. The second kappa shape index (κ2) is 9.38. The average molecular weight is 403 g/mol. The topological polar surface area (TPSA) is 100 Å². The van der Waals surface area contributed by atoms with Crippen molar-refractivity contribution in [1.82, 2.24) is 5.43 Å². The minimum atomic E-state index is -0.475. The lowest BCUT2D eigenvalue weighted by Gasteiger charge is -2.10. The van der Waals surface area contributed by atoms with Gasteiger partial charge in [-0.25, -0.2) is 5.43 Å². The van der Waals surface area contributed by atoms with Gasteiger partial charge in [0.15, 0.2) is 11.5 Å². The lowest BCUT2D eigenvalue weighted by Crippen LogP contribution is -2.21. The van der Waals surface area contributed by atoms with Crippen molar-refractivity contribution in [3.63, 3.8) is 0 Å². The standard InChI is InChI=1S/C23H21N3O4/c1-15-7-10-17(11-8-15)22(28)25-19-6-4-3-5-18(19)23(29)26-24-14-16-9-12-20(27)21(13-16)30-2/h3-14,27H,1-2H3,(H,25,28)(H,26,29)/b24-14-. The Kier molecular flexibility index (Phi) is 6.44. The number of nitrogens with zero attached hydrogens (tertiary/aromatic N) is 1. The van der Waals surface area contributed by atoms with Gasteiger partial charge in [0.05, 0.1) is 24.6 Å². The maximum Gasteiger partial charge on any atom is 0.273 e. The van der Waals surface area contributed by atoms with Crippen molar-refractivity contribution in [2.45, 2.75) is 6.92 Å². The molecule has 2 amide bonds. The summed E-state index contributed by atoms with van der Waals surface area (Å²) in [5.41, 5.74) is 5.27. The first-order valence-corrected chi connectivity index (χ1v) is 9.15. The number of nitrogens with one attached hydrogen (secondary N) is 2. The first-order chi connectivity index (χ1) is 14.5. The minimum absolute atomic E-state index is 0.0110. The van der Waals surface area contributed by atoms with Crippen LogP contribution in [-0.4, -0.2) is 30.2 Å². The highest BCUT2D eigenvalue weighted by Gasteiger charge is 2.13. The molecular formula is C23H21N3O4. The van der Waals surface area contributed by atoms with Gasteiger partial charge in [-0.1, -0.05) is 29.8 Å². The molecule has 0 unspecified atom stereocenters. The zero-order valence-corrected chi connectivity index (χ0v) is 16.5. The average Bonchev–Trinajstić information content (AvgIpc) is 2.75. The molecule has 0 aliphatic rings. The van der Waals surface area contributed by atoms with Crippen LogP contribution in [0.15, 0.2) is 71.8 Å². The molecule has 0 aliphatic carbocycles. The summed E-state index contributed by atoms with van der Waals surface area (Å²) in [4.78, 5) is 25.0. The number of carbonyl (C=O) groups excluding carboxylic acids is 2. The molecule has 3 aromatic rings.